The SMILES string of the molecule is Cc1ccc(C(O)c2cc(C)cc(N)c2O)cc1. The molecule has 0 bridgehead atoms. The Bertz CT molecular complexity index is 561. The number of aliphatic hydroxyl groups is 1. The maximum Gasteiger partial charge on any atom is 0.144 e. The summed E-state index contributed by atoms with van der Waals surface area (Å²) >= 11 is 0. The van der Waals surface area contributed by atoms with Gasteiger partial charge in [-0.2, -0.15) is 0 Å². The van der Waals surface area contributed by atoms with Crippen LogP contribution in [0.5, 0.6) is 5.75 Å². The molecule has 94 valence electrons. The molecule has 1 atom stereocenters. The Morgan fingerprint density at radius 2 is 1.61 bits per heavy atom. The number of nitrogen functional groups attached to an aromatic ring is 1. The number of benzene rings is 2. The molecule has 0 saturated heterocycles. The monoisotopic (exact) mass is 243 g/mol. The van der Waals surface area contributed by atoms with Gasteiger partial charge in [0.1, 0.15) is 11.9 Å². The lowest BCUT2D eigenvalue weighted by Gasteiger charge is -2.15. The summed E-state index contributed by atoms with van der Waals surface area (Å²) < 4.78 is 0. The van der Waals surface area contributed by atoms with Crippen molar-refractivity contribution in [2.75, 3.05) is 5.73 Å². The molecule has 0 aliphatic rings. The quantitative estimate of drug-likeness (QED) is 0.561. The predicted octanol–water partition coefficient (Wildman–Crippen LogP) is 2.67. The fraction of sp³-hybridized carbons (Fsp3) is 0.200. The van der Waals surface area contributed by atoms with Crippen LogP contribution in [0.15, 0.2) is 36.4 Å². The third-order valence-corrected chi connectivity index (χ3v) is 3.00. The summed E-state index contributed by atoms with van der Waals surface area (Å²) in [6, 6.07) is 11.0. The molecule has 0 spiro atoms. The van der Waals surface area contributed by atoms with E-state index in [4.69, 9.17) is 5.73 Å². The second-order valence-corrected chi connectivity index (χ2v) is 4.61. The fourth-order valence-corrected chi connectivity index (χ4v) is 1.97. The predicted molar refractivity (Wildman–Crippen MR) is 72.5 cm³/mol. The van der Waals surface area contributed by atoms with Crippen LogP contribution in [0.2, 0.25) is 0 Å². The Labute approximate surface area is 107 Å². The molecule has 2 aromatic carbocycles. The molecule has 0 heterocycles. The molecule has 0 aliphatic heterocycles. The Morgan fingerprint density at radius 1 is 1.00 bits per heavy atom. The van der Waals surface area contributed by atoms with Crippen molar-refractivity contribution in [1.29, 1.82) is 0 Å². The van der Waals surface area contributed by atoms with Gasteiger partial charge in [0.25, 0.3) is 0 Å². The van der Waals surface area contributed by atoms with Gasteiger partial charge in [0, 0.05) is 5.56 Å². The normalized spacial score (nSPS) is 12.4. The summed E-state index contributed by atoms with van der Waals surface area (Å²) in [5, 5.41) is 20.2. The van der Waals surface area contributed by atoms with Gasteiger partial charge >= 0.3 is 0 Å². The third-order valence-electron chi connectivity index (χ3n) is 3.00. The highest BCUT2D eigenvalue weighted by Gasteiger charge is 2.16. The molecular weight excluding hydrogens is 226 g/mol. The van der Waals surface area contributed by atoms with Crippen LogP contribution in [-0.4, -0.2) is 10.2 Å². The fourth-order valence-electron chi connectivity index (χ4n) is 1.97. The molecule has 3 nitrogen and oxygen atoms in total. The zero-order chi connectivity index (χ0) is 13.3. The number of aromatic hydroxyl groups is 1. The van der Waals surface area contributed by atoms with E-state index in [1.807, 2.05) is 38.1 Å². The highest BCUT2D eigenvalue weighted by Crippen LogP contribution is 2.34. The van der Waals surface area contributed by atoms with Gasteiger partial charge in [-0.15, -0.1) is 0 Å². The molecule has 3 heteroatoms. The van der Waals surface area contributed by atoms with E-state index in [0.717, 1.165) is 16.7 Å². The number of phenols is 1. The molecule has 0 aromatic heterocycles. The van der Waals surface area contributed by atoms with Gasteiger partial charge in [0.05, 0.1) is 5.69 Å². The van der Waals surface area contributed by atoms with Crippen molar-refractivity contribution in [2.24, 2.45) is 0 Å². The summed E-state index contributed by atoms with van der Waals surface area (Å²) in [4.78, 5) is 0. The van der Waals surface area contributed by atoms with Gasteiger partial charge in [-0.3, -0.25) is 0 Å². The Balaban J connectivity index is 2.45. The lowest BCUT2D eigenvalue weighted by Crippen LogP contribution is -2.02. The van der Waals surface area contributed by atoms with Crippen molar-refractivity contribution < 1.29 is 10.2 Å². The largest absolute Gasteiger partial charge is 0.505 e. The molecule has 2 rings (SSSR count). The zero-order valence-electron chi connectivity index (χ0n) is 10.5. The Kier molecular flexibility index (Phi) is 3.26. The van der Waals surface area contributed by atoms with Crippen LogP contribution in [0, 0.1) is 13.8 Å². The van der Waals surface area contributed by atoms with E-state index in [1.54, 1.807) is 12.1 Å². The van der Waals surface area contributed by atoms with Crippen LogP contribution in [-0.2, 0) is 0 Å². The number of aryl methyl sites for hydroxylation is 2. The van der Waals surface area contributed by atoms with Crippen molar-refractivity contribution in [1.82, 2.24) is 0 Å². The maximum absolute atomic E-state index is 10.3. The Hall–Kier alpha value is -2.00. The minimum absolute atomic E-state index is 0.0475. The van der Waals surface area contributed by atoms with Crippen molar-refractivity contribution >= 4 is 5.69 Å². The van der Waals surface area contributed by atoms with Crippen LogP contribution < -0.4 is 5.73 Å². The topological polar surface area (TPSA) is 66.5 Å². The average Bonchev–Trinajstić information content (AvgIpc) is 2.34. The van der Waals surface area contributed by atoms with Crippen molar-refractivity contribution in [3.63, 3.8) is 0 Å². The number of rotatable bonds is 2. The first-order valence-corrected chi connectivity index (χ1v) is 5.82. The molecule has 0 fully saturated rings. The molecule has 0 aliphatic carbocycles. The number of nitrogens with two attached hydrogens (primary N) is 1. The lowest BCUT2D eigenvalue weighted by molar-refractivity contribution is 0.215. The van der Waals surface area contributed by atoms with Gasteiger partial charge in [0.2, 0.25) is 0 Å². The van der Waals surface area contributed by atoms with Crippen LogP contribution in [0.4, 0.5) is 5.69 Å². The van der Waals surface area contributed by atoms with Gasteiger partial charge in [-0.05, 0) is 37.1 Å². The van der Waals surface area contributed by atoms with E-state index in [1.165, 1.54) is 0 Å². The van der Waals surface area contributed by atoms with E-state index in [9.17, 15) is 10.2 Å². The van der Waals surface area contributed by atoms with Gasteiger partial charge in [0.15, 0.2) is 0 Å². The van der Waals surface area contributed by atoms with E-state index >= 15 is 0 Å². The number of hydrogen-bond acceptors (Lipinski definition) is 3. The first kappa shape index (κ1) is 12.5. The maximum atomic E-state index is 10.3. The first-order valence-electron chi connectivity index (χ1n) is 5.82. The standard InChI is InChI=1S/C15H17NO2/c1-9-3-5-11(6-4-9)14(17)12-7-10(2)8-13(16)15(12)18/h3-8,14,17-18H,16H2,1-2H3. The van der Waals surface area contributed by atoms with Crippen molar-refractivity contribution in [3.8, 4) is 5.75 Å². The van der Waals surface area contributed by atoms with E-state index in [2.05, 4.69) is 0 Å². The third kappa shape index (κ3) is 2.31. The van der Waals surface area contributed by atoms with E-state index in [-0.39, 0.29) is 11.4 Å². The number of aliphatic hydroxyl groups excluding tert-OH is 1. The molecule has 0 amide bonds. The Morgan fingerprint density at radius 3 is 2.22 bits per heavy atom. The van der Waals surface area contributed by atoms with Crippen LogP contribution >= 0.6 is 0 Å². The first-order chi connectivity index (χ1) is 8.49. The molecular formula is C15H17NO2. The molecule has 18 heavy (non-hydrogen) atoms. The van der Waals surface area contributed by atoms with E-state index < -0.39 is 6.10 Å². The summed E-state index contributed by atoms with van der Waals surface area (Å²) in [5.74, 6) is -0.0475. The molecule has 4 N–H and O–H groups in total. The minimum Gasteiger partial charge on any atom is -0.505 e. The van der Waals surface area contributed by atoms with Crippen LogP contribution in [0.25, 0.3) is 0 Å². The van der Waals surface area contributed by atoms with Crippen LogP contribution in [0.3, 0.4) is 0 Å². The average molecular weight is 243 g/mol. The smallest absolute Gasteiger partial charge is 0.144 e. The van der Waals surface area contributed by atoms with Gasteiger partial charge < -0.3 is 15.9 Å². The second-order valence-electron chi connectivity index (χ2n) is 4.61. The van der Waals surface area contributed by atoms with Crippen LogP contribution in [0.1, 0.15) is 28.4 Å². The molecule has 0 radical (unpaired) electrons. The second kappa shape index (κ2) is 4.70. The van der Waals surface area contributed by atoms with Crippen molar-refractivity contribution in [2.45, 2.75) is 20.0 Å². The number of anilines is 1. The highest BCUT2D eigenvalue weighted by molar-refractivity contribution is 5.59. The minimum atomic E-state index is -0.868. The van der Waals surface area contributed by atoms with Gasteiger partial charge in [-0.25, -0.2) is 0 Å². The molecule has 0 saturated carbocycles. The number of phenolic OH excluding ortho intramolecular Hbond substituents is 1. The summed E-state index contributed by atoms with van der Waals surface area (Å²) in [6.45, 7) is 3.86. The summed E-state index contributed by atoms with van der Waals surface area (Å²) in [6.07, 6.45) is -0.868. The zero-order valence-corrected chi connectivity index (χ0v) is 10.5. The summed E-state index contributed by atoms with van der Waals surface area (Å²) in [5.41, 5.74) is 9.20. The van der Waals surface area contributed by atoms with Gasteiger partial charge in [-0.1, -0.05) is 29.8 Å². The van der Waals surface area contributed by atoms with Crippen molar-refractivity contribution in [3.05, 3.63) is 58.7 Å². The lowest BCUT2D eigenvalue weighted by atomic mass is 9.97. The highest BCUT2D eigenvalue weighted by atomic mass is 16.3. The summed E-state index contributed by atoms with van der Waals surface area (Å²) in [7, 11) is 0. The molecule has 2 aromatic rings. The van der Waals surface area contributed by atoms with E-state index in [0.29, 0.717) is 5.56 Å². The number of hydrogen-bond donors (Lipinski definition) is 3. The molecule has 1 unspecified atom stereocenters.